The van der Waals surface area contributed by atoms with Crippen LogP contribution in [0.3, 0.4) is 0 Å². The summed E-state index contributed by atoms with van der Waals surface area (Å²) >= 11 is 0. The summed E-state index contributed by atoms with van der Waals surface area (Å²) < 4.78 is 0. The van der Waals surface area contributed by atoms with Crippen LogP contribution in [0.5, 0.6) is 0 Å². The van der Waals surface area contributed by atoms with E-state index in [-0.39, 0.29) is 5.56 Å². The van der Waals surface area contributed by atoms with Gasteiger partial charge in [0, 0.05) is 32.2 Å². The molecule has 0 atom stereocenters. The van der Waals surface area contributed by atoms with Crippen molar-refractivity contribution in [3.8, 4) is 0 Å². The van der Waals surface area contributed by atoms with Gasteiger partial charge in [0.15, 0.2) is 0 Å². The van der Waals surface area contributed by atoms with Crippen molar-refractivity contribution in [2.45, 2.75) is 18.9 Å². The van der Waals surface area contributed by atoms with Gasteiger partial charge in [-0.15, -0.1) is 0 Å². The van der Waals surface area contributed by atoms with Crippen LogP contribution in [0.25, 0.3) is 10.9 Å². The van der Waals surface area contributed by atoms with Crippen LogP contribution in [0, 0.1) is 0 Å². The number of hydrogen-bond donors (Lipinski definition) is 1. The molecule has 1 aromatic carbocycles. The van der Waals surface area contributed by atoms with Crippen molar-refractivity contribution in [1.29, 1.82) is 0 Å². The van der Waals surface area contributed by atoms with E-state index in [1.807, 2.05) is 24.3 Å². The average Bonchev–Trinajstić information content (AvgIpc) is 3.32. The van der Waals surface area contributed by atoms with Crippen molar-refractivity contribution in [2.75, 3.05) is 31.1 Å². The molecule has 4 rings (SSSR count). The number of piperazine rings is 1. The number of aromatic nitrogens is 2. The molecule has 0 radical (unpaired) electrons. The Morgan fingerprint density at radius 1 is 1.10 bits per heavy atom. The lowest BCUT2D eigenvalue weighted by atomic mass is 10.2. The van der Waals surface area contributed by atoms with Gasteiger partial charge in [0.2, 0.25) is 5.95 Å². The minimum absolute atomic E-state index is 0.0461. The Morgan fingerprint density at radius 2 is 1.85 bits per heavy atom. The maximum Gasteiger partial charge on any atom is 0.260 e. The van der Waals surface area contributed by atoms with Crippen LogP contribution in [0.1, 0.15) is 12.8 Å². The third-order valence-electron chi connectivity index (χ3n) is 4.28. The van der Waals surface area contributed by atoms with Gasteiger partial charge in [0.05, 0.1) is 10.9 Å². The Balaban J connectivity index is 1.60. The summed E-state index contributed by atoms with van der Waals surface area (Å²) in [5.74, 6) is 0.712. The highest BCUT2D eigenvalue weighted by Gasteiger charge is 2.31. The molecule has 104 valence electrons. The number of hydrogen-bond acceptors (Lipinski definition) is 4. The van der Waals surface area contributed by atoms with Gasteiger partial charge < -0.3 is 4.90 Å². The highest BCUT2D eigenvalue weighted by atomic mass is 16.1. The number of para-hydroxylation sites is 1. The second kappa shape index (κ2) is 4.59. The van der Waals surface area contributed by atoms with Gasteiger partial charge in [-0.25, -0.2) is 4.98 Å². The third kappa shape index (κ3) is 2.08. The van der Waals surface area contributed by atoms with Crippen LogP contribution >= 0.6 is 0 Å². The first kappa shape index (κ1) is 11.9. The molecule has 2 aliphatic rings. The van der Waals surface area contributed by atoms with Crippen LogP contribution < -0.4 is 10.5 Å². The minimum Gasteiger partial charge on any atom is -0.340 e. The molecule has 20 heavy (non-hydrogen) atoms. The molecule has 1 N–H and O–H groups in total. The second-order valence-corrected chi connectivity index (χ2v) is 5.66. The monoisotopic (exact) mass is 270 g/mol. The fourth-order valence-corrected chi connectivity index (χ4v) is 2.96. The third-order valence-corrected chi connectivity index (χ3v) is 4.28. The maximum absolute atomic E-state index is 12.1. The molecule has 2 heterocycles. The van der Waals surface area contributed by atoms with E-state index in [0.717, 1.165) is 37.7 Å². The number of H-pyrrole nitrogens is 1. The summed E-state index contributed by atoms with van der Waals surface area (Å²) in [4.78, 5) is 24.3. The zero-order chi connectivity index (χ0) is 13.5. The molecule has 2 aromatic rings. The first-order valence-electron chi connectivity index (χ1n) is 7.29. The van der Waals surface area contributed by atoms with Crippen molar-refractivity contribution >= 4 is 16.9 Å². The van der Waals surface area contributed by atoms with Crippen LogP contribution in [-0.4, -0.2) is 47.1 Å². The number of benzene rings is 1. The SMILES string of the molecule is O=c1[nH]c(N2CCN(C3CC3)CC2)nc2ccccc12. The molecule has 1 aliphatic heterocycles. The zero-order valence-corrected chi connectivity index (χ0v) is 11.4. The smallest absolute Gasteiger partial charge is 0.260 e. The van der Waals surface area contributed by atoms with E-state index in [4.69, 9.17) is 0 Å². The molecule has 5 nitrogen and oxygen atoms in total. The number of rotatable bonds is 2. The molecule has 0 spiro atoms. The number of fused-ring (bicyclic) bond motifs is 1. The van der Waals surface area contributed by atoms with Gasteiger partial charge in [-0.1, -0.05) is 12.1 Å². The van der Waals surface area contributed by atoms with E-state index < -0.39 is 0 Å². The van der Waals surface area contributed by atoms with E-state index in [1.165, 1.54) is 12.8 Å². The van der Waals surface area contributed by atoms with Crippen molar-refractivity contribution in [2.24, 2.45) is 0 Å². The summed E-state index contributed by atoms with van der Waals surface area (Å²) in [5.41, 5.74) is 0.728. The Kier molecular flexibility index (Phi) is 2.73. The lowest BCUT2D eigenvalue weighted by Crippen LogP contribution is -2.48. The van der Waals surface area contributed by atoms with Crippen molar-refractivity contribution in [1.82, 2.24) is 14.9 Å². The largest absolute Gasteiger partial charge is 0.340 e. The van der Waals surface area contributed by atoms with E-state index >= 15 is 0 Å². The Morgan fingerprint density at radius 3 is 2.60 bits per heavy atom. The fourth-order valence-electron chi connectivity index (χ4n) is 2.96. The molecule has 1 saturated heterocycles. The van der Waals surface area contributed by atoms with E-state index in [9.17, 15) is 4.79 Å². The molecule has 0 amide bonds. The number of nitrogens with zero attached hydrogens (tertiary/aromatic N) is 3. The summed E-state index contributed by atoms with van der Waals surface area (Å²) in [5, 5.41) is 0.660. The molecule has 1 aromatic heterocycles. The Hall–Kier alpha value is -1.88. The molecule has 5 heteroatoms. The van der Waals surface area contributed by atoms with Crippen LogP contribution in [0.15, 0.2) is 29.1 Å². The predicted molar refractivity (Wildman–Crippen MR) is 79.2 cm³/mol. The van der Waals surface area contributed by atoms with E-state index in [1.54, 1.807) is 0 Å². The molecule has 2 fully saturated rings. The zero-order valence-electron chi connectivity index (χ0n) is 11.4. The van der Waals surface area contributed by atoms with Gasteiger partial charge >= 0.3 is 0 Å². The minimum atomic E-state index is -0.0461. The van der Waals surface area contributed by atoms with E-state index in [0.29, 0.717) is 11.3 Å². The summed E-state index contributed by atoms with van der Waals surface area (Å²) in [6.07, 6.45) is 2.70. The van der Waals surface area contributed by atoms with Crippen molar-refractivity contribution in [3.63, 3.8) is 0 Å². The van der Waals surface area contributed by atoms with E-state index in [2.05, 4.69) is 19.8 Å². The number of nitrogens with one attached hydrogen (secondary N) is 1. The van der Waals surface area contributed by atoms with Crippen LogP contribution in [-0.2, 0) is 0 Å². The van der Waals surface area contributed by atoms with Gasteiger partial charge in [-0.2, -0.15) is 0 Å². The summed E-state index contributed by atoms with van der Waals surface area (Å²) in [6, 6.07) is 8.32. The first-order chi connectivity index (χ1) is 9.81. The Labute approximate surface area is 117 Å². The van der Waals surface area contributed by atoms with Crippen LogP contribution in [0.4, 0.5) is 5.95 Å². The summed E-state index contributed by atoms with van der Waals surface area (Å²) in [6.45, 7) is 4.03. The number of anilines is 1. The van der Waals surface area contributed by atoms with Crippen molar-refractivity contribution in [3.05, 3.63) is 34.6 Å². The predicted octanol–water partition coefficient (Wildman–Crippen LogP) is 1.21. The molecule has 1 saturated carbocycles. The fraction of sp³-hybridized carbons (Fsp3) is 0.467. The van der Waals surface area contributed by atoms with Gasteiger partial charge in [0.1, 0.15) is 0 Å². The molecule has 1 aliphatic carbocycles. The quantitative estimate of drug-likeness (QED) is 0.891. The Bertz CT molecular complexity index is 684. The van der Waals surface area contributed by atoms with Crippen LogP contribution in [0.2, 0.25) is 0 Å². The normalized spacial score (nSPS) is 20.5. The lowest BCUT2D eigenvalue weighted by Gasteiger charge is -2.35. The van der Waals surface area contributed by atoms with Gasteiger partial charge in [-0.05, 0) is 25.0 Å². The van der Waals surface area contributed by atoms with Gasteiger partial charge in [-0.3, -0.25) is 14.7 Å². The number of aromatic amines is 1. The molecular formula is C15H18N4O. The standard InChI is InChI=1S/C15H18N4O/c20-14-12-3-1-2-4-13(12)16-15(17-14)19-9-7-18(8-10-19)11-5-6-11/h1-4,11H,5-10H2,(H,16,17,20). The lowest BCUT2D eigenvalue weighted by molar-refractivity contribution is 0.247. The second-order valence-electron chi connectivity index (χ2n) is 5.66. The van der Waals surface area contributed by atoms with Gasteiger partial charge in [0.25, 0.3) is 5.56 Å². The highest BCUT2D eigenvalue weighted by molar-refractivity contribution is 5.78. The highest BCUT2D eigenvalue weighted by Crippen LogP contribution is 2.27. The average molecular weight is 270 g/mol. The molecule has 0 bridgehead atoms. The topological polar surface area (TPSA) is 52.2 Å². The summed E-state index contributed by atoms with van der Waals surface area (Å²) in [7, 11) is 0. The van der Waals surface area contributed by atoms with Crippen molar-refractivity contribution < 1.29 is 0 Å². The molecular weight excluding hydrogens is 252 g/mol. The first-order valence-corrected chi connectivity index (χ1v) is 7.29. The molecule has 0 unspecified atom stereocenters. The maximum atomic E-state index is 12.1.